The number of nitro groups is 1. The van der Waals surface area contributed by atoms with Gasteiger partial charge in [-0.1, -0.05) is 38.2 Å². The SMILES string of the molecule is N#Cc1cccc(NC2CCCCCCC2)c1[N+](=O)[O-]. The molecule has 0 atom stereocenters. The minimum Gasteiger partial charge on any atom is -0.377 e. The van der Waals surface area contributed by atoms with Gasteiger partial charge in [0.25, 0.3) is 0 Å². The zero-order valence-electron chi connectivity index (χ0n) is 11.5. The van der Waals surface area contributed by atoms with Crippen molar-refractivity contribution in [1.82, 2.24) is 0 Å². The van der Waals surface area contributed by atoms with E-state index in [2.05, 4.69) is 5.32 Å². The lowest BCUT2D eigenvalue weighted by atomic mass is 9.96. The molecule has 0 saturated heterocycles. The van der Waals surface area contributed by atoms with Crippen LogP contribution >= 0.6 is 0 Å². The monoisotopic (exact) mass is 273 g/mol. The number of para-hydroxylation sites is 1. The number of rotatable bonds is 3. The van der Waals surface area contributed by atoms with Gasteiger partial charge in [-0.15, -0.1) is 0 Å². The number of hydrogen-bond donors (Lipinski definition) is 1. The van der Waals surface area contributed by atoms with Crippen LogP contribution in [0.5, 0.6) is 0 Å². The number of hydrogen-bond acceptors (Lipinski definition) is 4. The van der Waals surface area contributed by atoms with Crippen LogP contribution in [0.3, 0.4) is 0 Å². The van der Waals surface area contributed by atoms with E-state index in [1.165, 1.54) is 25.3 Å². The van der Waals surface area contributed by atoms with Crippen LogP contribution < -0.4 is 5.32 Å². The van der Waals surface area contributed by atoms with E-state index in [1.54, 1.807) is 12.1 Å². The van der Waals surface area contributed by atoms with E-state index in [0.29, 0.717) is 5.69 Å². The molecule has 1 saturated carbocycles. The summed E-state index contributed by atoms with van der Waals surface area (Å²) >= 11 is 0. The molecule has 1 aromatic rings. The van der Waals surface area contributed by atoms with E-state index in [-0.39, 0.29) is 17.3 Å². The fraction of sp³-hybridized carbons (Fsp3) is 0.533. The third-order valence-electron chi connectivity index (χ3n) is 3.80. The van der Waals surface area contributed by atoms with Gasteiger partial charge in [0.15, 0.2) is 0 Å². The molecule has 1 N–H and O–H groups in total. The van der Waals surface area contributed by atoms with Crippen LogP contribution in [0.25, 0.3) is 0 Å². The first-order valence-corrected chi connectivity index (χ1v) is 7.16. The van der Waals surface area contributed by atoms with Gasteiger partial charge in [-0.3, -0.25) is 10.1 Å². The van der Waals surface area contributed by atoms with Gasteiger partial charge in [0.2, 0.25) is 0 Å². The summed E-state index contributed by atoms with van der Waals surface area (Å²) in [4.78, 5) is 10.7. The molecule has 0 radical (unpaired) electrons. The summed E-state index contributed by atoms with van der Waals surface area (Å²) in [5.74, 6) is 0. The molecular formula is C15H19N3O2. The van der Waals surface area contributed by atoms with Crippen molar-refractivity contribution < 1.29 is 4.92 Å². The van der Waals surface area contributed by atoms with Crippen LogP contribution in [0, 0.1) is 21.4 Å². The lowest BCUT2D eigenvalue weighted by Gasteiger charge is -2.22. The average Bonchev–Trinajstić information content (AvgIpc) is 2.41. The van der Waals surface area contributed by atoms with Gasteiger partial charge in [0.1, 0.15) is 17.3 Å². The Balaban J connectivity index is 2.19. The summed E-state index contributed by atoms with van der Waals surface area (Å²) < 4.78 is 0. The Bertz CT molecular complexity index is 514. The van der Waals surface area contributed by atoms with Gasteiger partial charge >= 0.3 is 5.69 Å². The third kappa shape index (κ3) is 3.47. The van der Waals surface area contributed by atoms with Crippen molar-refractivity contribution in [2.24, 2.45) is 0 Å². The maximum atomic E-state index is 11.2. The number of anilines is 1. The van der Waals surface area contributed by atoms with E-state index in [1.807, 2.05) is 6.07 Å². The predicted octanol–water partition coefficient (Wildman–Crippen LogP) is 3.99. The van der Waals surface area contributed by atoms with Gasteiger partial charge in [0, 0.05) is 6.04 Å². The minimum absolute atomic E-state index is 0.0999. The highest BCUT2D eigenvalue weighted by molar-refractivity contribution is 5.68. The van der Waals surface area contributed by atoms with Crippen molar-refractivity contribution in [3.8, 4) is 6.07 Å². The fourth-order valence-electron chi connectivity index (χ4n) is 2.77. The summed E-state index contributed by atoms with van der Waals surface area (Å²) in [6.07, 6.45) is 8.14. The summed E-state index contributed by atoms with van der Waals surface area (Å²) in [7, 11) is 0. The lowest BCUT2D eigenvalue weighted by molar-refractivity contribution is -0.384. The predicted molar refractivity (Wildman–Crippen MR) is 77.5 cm³/mol. The first-order chi connectivity index (χ1) is 9.72. The maximum Gasteiger partial charge on any atom is 0.309 e. The molecule has 0 spiro atoms. The van der Waals surface area contributed by atoms with Gasteiger partial charge in [-0.2, -0.15) is 5.26 Å². The zero-order chi connectivity index (χ0) is 14.4. The van der Waals surface area contributed by atoms with Crippen LogP contribution in [0.1, 0.15) is 50.5 Å². The second kappa shape index (κ2) is 6.90. The second-order valence-corrected chi connectivity index (χ2v) is 5.26. The molecule has 20 heavy (non-hydrogen) atoms. The summed E-state index contributed by atoms with van der Waals surface area (Å²) in [5.41, 5.74) is 0.488. The molecular weight excluding hydrogens is 254 g/mol. The highest BCUT2D eigenvalue weighted by Crippen LogP contribution is 2.30. The Morgan fingerprint density at radius 2 is 1.85 bits per heavy atom. The molecule has 0 aromatic heterocycles. The number of nitrogens with one attached hydrogen (secondary N) is 1. The molecule has 0 unspecified atom stereocenters. The Kier molecular flexibility index (Phi) is 4.94. The molecule has 1 aliphatic rings. The summed E-state index contributed by atoms with van der Waals surface area (Å²) in [6, 6.07) is 7.03. The van der Waals surface area contributed by atoms with Crippen LogP contribution in [-0.2, 0) is 0 Å². The molecule has 5 nitrogen and oxygen atoms in total. The van der Waals surface area contributed by atoms with Crippen LogP contribution in [0.4, 0.5) is 11.4 Å². The van der Waals surface area contributed by atoms with Crippen molar-refractivity contribution >= 4 is 11.4 Å². The topological polar surface area (TPSA) is 79.0 Å². The summed E-state index contributed by atoms with van der Waals surface area (Å²) in [6.45, 7) is 0. The Hall–Kier alpha value is -2.09. The van der Waals surface area contributed by atoms with E-state index < -0.39 is 4.92 Å². The van der Waals surface area contributed by atoms with E-state index in [4.69, 9.17) is 5.26 Å². The smallest absolute Gasteiger partial charge is 0.309 e. The molecule has 2 rings (SSSR count). The highest BCUT2D eigenvalue weighted by atomic mass is 16.6. The van der Waals surface area contributed by atoms with Crippen LogP contribution in [0.2, 0.25) is 0 Å². The fourth-order valence-corrected chi connectivity index (χ4v) is 2.77. The number of nitriles is 1. The molecule has 0 aliphatic heterocycles. The number of nitrogens with zero attached hydrogens (tertiary/aromatic N) is 2. The largest absolute Gasteiger partial charge is 0.377 e. The molecule has 1 aromatic carbocycles. The van der Waals surface area contributed by atoms with E-state index >= 15 is 0 Å². The van der Waals surface area contributed by atoms with Crippen molar-refractivity contribution in [3.63, 3.8) is 0 Å². The van der Waals surface area contributed by atoms with Gasteiger partial charge in [-0.25, -0.2) is 0 Å². The van der Waals surface area contributed by atoms with Crippen molar-refractivity contribution in [3.05, 3.63) is 33.9 Å². The van der Waals surface area contributed by atoms with E-state index in [9.17, 15) is 10.1 Å². The number of benzene rings is 1. The molecule has 106 valence electrons. The van der Waals surface area contributed by atoms with E-state index in [0.717, 1.165) is 25.7 Å². The quantitative estimate of drug-likeness (QED) is 0.667. The zero-order valence-corrected chi connectivity index (χ0v) is 11.5. The standard InChI is InChI=1S/C15H19N3O2/c16-11-12-7-6-10-14(15(12)18(19)20)17-13-8-4-2-1-3-5-9-13/h6-7,10,13,17H,1-5,8-9H2. The molecule has 0 bridgehead atoms. The Labute approximate surface area is 118 Å². The first kappa shape index (κ1) is 14.3. The first-order valence-electron chi connectivity index (χ1n) is 7.16. The van der Waals surface area contributed by atoms with Gasteiger partial charge in [0.05, 0.1) is 4.92 Å². The van der Waals surface area contributed by atoms with Gasteiger partial charge < -0.3 is 5.32 Å². The molecule has 1 fully saturated rings. The maximum absolute atomic E-state index is 11.2. The number of nitro benzene ring substituents is 1. The van der Waals surface area contributed by atoms with Crippen molar-refractivity contribution in [1.29, 1.82) is 5.26 Å². The van der Waals surface area contributed by atoms with Gasteiger partial charge in [-0.05, 0) is 25.0 Å². The summed E-state index contributed by atoms with van der Waals surface area (Å²) in [5, 5.41) is 23.5. The Morgan fingerprint density at radius 1 is 1.20 bits per heavy atom. The normalized spacial score (nSPS) is 16.8. The second-order valence-electron chi connectivity index (χ2n) is 5.26. The van der Waals surface area contributed by atoms with Crippen molar-refractivity contribution in [2.45, 2.75) is 51.0 Å². The van der Waals surface area contributed by atoms with Crippen molar-refractivity contribution in [2.75, 3.05) is 5.32 Å². The molecule has 5 heteroatoms. The molecule has 0 amide bonds. The molecule has 1 aliphatic carbocycles. The van der Waals surface area contributed by atoms with Crippen LogP contribution in [-0.4, -0.2) is 11.0 Å². The minimum atomic E-state index is -0.468. The molecule has 0 heterocycles. The Morgan fingerprint density at radius 3 is 2.45 bits per heavy atom. The average molecular weight is 273 g/mol. The third-order valence-corrected chi connectivity index (χ3v) is 3.80. The van der Waals surface area contributed by atoms with Crippen LogP contribution in [0.15, 0.2) is 18.2 Å². The highest BCUT2D eigenvalue weighted by Gasteiger charge is 2.21. The lowest BCUT2D eigenvalue weighted by Crippen LogP contribution is -2.21.